The lowest BCUT2D eigenvalue weighted by molar-refractivity contribution is 0.184. The molecule has 2 nitrogen and oxygen atoms in total. The van der Waals surface area contributed by atoms with Gasteiger partial charge in [-0.15, -0.1) is 0 Å². The number of aliphatic hydroxyl groups is 1. The van der Waals surface area contributed by atoms with Gasteiger partial charge in [-0.2, -0.15) is 0 Å². The molecule has 0 unspecified atom stereocenters. The number of rotatable bonds is 7. The number of aliphatic hydroxyl groups excluding tert-OH is 1. The average Bonchev–Trinajstić information content (AvgIpc) is 2.14. The highest BCUT2D eigenvalue weighted by molar-refractivity contribution is 5.16. The lowest BCUT2D eigenvalue weighted by Crippen LogP contribution is -1.95. The second kappa shape index (κ2) is 9.07. The molecular formula is C11H18O2. The first kappa shape index (κ1) is 12.0. The van der Waals surface area contributed by atoms with Crippen LogP contribution >= 0.6 is 0 Å². The van der Waals surface area contributed by atoms with Crippen molar-refractivity contribution >= 4 is 0 Å². The molecule has 1 N–H and O–H groups in total. The summed E-state index contributed by atoms with van der Waals surface area (Å²) in [5.41, 5.74) is 0. The van der Waals surface area contributed by atoms with Gasteiger partial charge in [0.15, 0.2) is 0 Å². The van der Waals surface area contributed by atoms with Crippen LogP contribution in [0.4, 0.5) is 0 Å². The molecule has 0 aliphatic rings. The summed E-state index contributed by atoms with van der Waals surface area (Å²) in [6, 6.07) is 0. The number of hydrogen-bond donors (Lipinski definition) is 1. The lowest BCUT2D eigenvalue weighted by atomic mass is 10.3. The third-order valence-electron chi connectivity index (χ3n) is 1.37. The number of ether oxygens (including phenoxy) is 1. The van der Waals surface area contributed by atoms with Crippen LogP contribution in [0.2, 0.25) is 0 Å². The van der Waals surface area contributed by atoms with Gasteiger partial charge in [0.2, 0.25) is 0 Å². The van der Waals surface area contributed by atoms with Crippen molar-refractivity contribution in [2.24, 2.45) is 0 Å². The van der Waals surface area contributed by atoms with Crippen LogP contribution in [-0.4, -0.2) is 18.3 Å². The maximum Gasteiger partial charge on any atom is 0.118 e. The first-order chi connectivity index (χ1) is 6.35. The van der Waals surface area contributed by atoms with Gasteiger partial charge in [0.1, 0.15) is 5.76 Å². The quantitative estimate of drug-likeness (QED) is 0.372. The van der Waals surface area contributed by atoms with Gasteiger partial charge in [0, 0.05) is 13.0 Å². The van der Waals surface area contributed by atoms with Gasteiger partial charge in [-0.05, 0) is 18.6 Å². The highest BCUT2D eigenvalue weighted by Crippen LogP contribution is 2.01. The van der Waals surface area contributed by atoms with Crippen molar-refractivity contribution in [2.75, 3.05) is 13.2 Å². The van der Waals surface area contributed by atoms with Crippen molar-refractivity contribution in [1.29, 1.82) is 0 Å². The summed E-state index contributed by atoms with van der Waals surface area (Å²) >= 11 is 0. The summed E-state index contributed by atoms with van der Waals surface area (Å²) in [5, 5.41) is 8.55. The SMILES string of the molecule is C=C/C=C(\C=C/CC)OCCCO. The fourth-order valence-electron chi connectivity index (χ4n) is 0.757. The molecule has 74 valence electrons. The first-order valence-electron chi connectivity index (χ1n) is 4.58. The van der Waals surface area contributed by atoms with Crippen molar-refractivity contribution in [2.45, 2.75) is 19.8 Å². The molecule has 0 radical (unpaired) electrons. The van der Waals surface area contributed by atoms with Crippen LogP contribution in [-0.2, 0) is 4.74 Å². The van der Waals surface area contributed by atoms with Crippen LogP contribution in [0.1, 0.15) is 19.8 Å². The molecule has 0 heterocycles. The largest absolute Gasteiger partial charge is 0.494 e. The fourth-order valence-corrected chi connectivity index (χ4v) is 0.757. The maximum absolute atomic E-state index is 8.55. The van der Waals surface area contributed by atoms with Gasteiger partial charge in [-0.1, -0.05) is 25.7 Å². The highest BCUT2D eigenvalue weighted by Gasteiger charge is 1.90. The third-order valence-corrected chi connectivity index (χ3v) is 1.37. The first-order valence-corrected chi connectivity index (χ1v) is 4.58. The molecule has 2 heteroatoms. The number of hydrogen-bond acceptors (Lipinski definition) is 2. The molecule has 0 aromatic carbocycles. The van der Waals surface area contributed by atoms with Crippen molar-refractivity contribution in [3.05, 3.63) is 36.6 Å². The van der Waals surface area contributed by atoms with E-state index in [-0.39, 0.29) is 6.61 Å². The van der Waals surface area contributed by atoms with Crippen LogP contribution < -0.4 is 0 Å². The predicted molar refractivity (Wildman–Crippen MR) is 55.4 cm³/mol. The van der Waals surface area contributed by atoms with Crippen LogP contribution in [0.25, 0.3) is 0 Å². The topological polar surface area (TPSA) is 29.5 Å². The molecule has 0 rings (SSSR count). The number of allylic oxidation sites excluding steroid dienone is 4. The molecule has 0 aromatic heterocycles. The Hall–Kier alpha value is -1.02. The van der Waals surface area contributed by atoms with E-state index in [9.17, 15) is 0 Å². The average molecular weight is 182 g/mol. The summed E-state index contributed by atoms with van der Waals surface area (Å²) in [7, 11) is 0. The Morgan fingerprint density at radius 3 is 2.85 bits per heavy atom. The van der Waals surface area contributed by atoms with Crippen LogP contribution in [0.15, 0.2) is 36.6 Å². The van der Waals surface area contributed by atoms with Gasteiger partial charge in [-0.3, -0.25) is 0 Å². The standard InChI is InChI=1S/C11H18O2/c1-3-5-8-11(7-4-2)13-10-6-9-12/h4-5,7-8,12H,2-3,6,9-10H2,1H3/b8-5-,11-7+. The molecule has 0 bridgehead atoms. The molecule has 13 heavy (non-hydrogen) atoms. The molecule has 0 aliphatic heterocycles. The zero-order valence-corrected chi connectivity index (χ0v) is 8.20. The third kappa shape index (κ3) is 7.34. The van der Waals surface area contributed by atoms with E-state index < -0.39 is 0 Å². The Morgan fingerprint density at radius 1 is 1.54 bits per heavy atom. The summed E-state index contributed by atoms with van der Waals surface area (Å²) in [4.78, 5) is 0. The second-order valence-electron chi connectivity index (χ2n) is 2.54. The van der Waals surface area contributed by atoms with Crippen LogP contribution in [0.3, 0.4) is 0 Å². The Balaban J connectivity index is 3.88. The minimum absolute atomic E-state index is 0.166. The molecule has 0 fully saturated rings. The monoisotopic (exact) mass is 182 g/mol. The van der Waals surface area contributed by atoms with Crippen LogP contribution in [0.5, 0.6) is 0 Å². The Kier molecular flexibility index (Phi) is 8.36. The molecule has 0 amide bonds. The smallest absolute Gasteiger partial charge is 0.118 e. The minimum Gasteiger partial charge on any atom is -0.494 e. The maximum atomic E-state index is 8.55. The summed E-state index contributed by atoms with van der Waals surface area (Å²) in [6.07, 6.45) is 9.08. The van der Waals surface area contributed by atoms with E-state index in [2.05, 4.69) is 13.5 Å². The van der Waals surface area contributed by atoms with Gasteiger partial charge in [0.25, 0.3) is 0 Å². The fraction of sp³-hybridized carbons (Fsp3) is 0.455. The van der Waals surface area contributed by atoms with E-state index in [1.807, 2.05) is 18.2 Å². The van der Waals surface area contributed by atoms with E-state index in [1.165, 1.54) is 0 Å². The Morgan fingerprint density at radius 2 is 2.31 bits per heavy atom. The molecule has 0 atom stereocenters. The van der Waals surface area contributed by atoms with Crippen molar-refractivity contribution in [1.82, 2.24) is 0 Å². The molecule has 0 spiro atoms. The van der Waals surface area contributed by atoms with Crippen molar-refractivity contribution in [3.63, 3.8) is 0 Å². The zero-order valence-electron chi connectivity index (χ0n) is 8.20. The van der Waals surface area contributed by atoms with Crippen LogP contribution in [0, 0.1) is 0 Å². The van der Waals surface area contributed by atoms with Gasteiger partial charge in [0.05, 0.1) is 6.61 Å². The van der Waals surface area contributed by atoms with Crippen molar-refractivity contribution in [3.8, 4) is 0 Å². The molecular weight excluding hydrogens is 164 g/mol. The zero-order chi connectivity index (χ0) is 9.94. The molecule has 0 aromatic rings. The molecule has 0 saturated carbocycles. The highest BCUT2D eigenvalue weighted by atomic mass is 16.5. The lowest BCUT2D eigenvalue weighted by Gasteiger charge is -2.04. The van der Waals surface area contributed by atoms with E-state index in [0.29, 0.717) is 13.0 Å². The van der Waals surface area contributed by atoms with Gasteiger partial charge >= 0.3 is 0 Å². The summed E-state index contributed by atoms with van der Waals surface area (Å²) < 4.78 is 5.37. The van der Waals surface area contributed by atoms with E-state index in [4.69, 9.17) is 9.84 Å². The molecule has 0 saturated heterocycles. The molecule has 0 aliphatic carbocycles. The van der Waals surface area contributed by atoms with E-state index in [1.54, 1.807) is 6.08 Å². The summed E-state index contributed by atoms with van der Waals surface area (Å²) in [6.45, 7) is 6.37. The summed E-state index contributed by atoms with van der Waals surface area (Å²) in [5.74, 6) is 0.797. The van der Waals surface area contributed by atoms with Gasteiger partial charge in [-0.25, -0.2) is 0 Å². The normalized spacial score (nSPS) is 12.0. The van der Waals surface area contributed by atoms with E-state index >= 15 is 0 Å². The van der Waals surface area contributed by atoms with Crippen molar-refractivity contribution < 1.29 is 9.84 Å². The predicted octanol–water partition coefficient (Wildman–Crippen LogP) is 2.42. The second-order valence-corrected chi connectivity index (χ2v) is 2.54. The Labute approximate surface area is 80.2 Å². The van der Waals surface area contributed by atoms with Gasteiger partial charge < -0.3 is 9.84 Å². The Bertz CT molecular complexity index is 181. The minimum atomic E-state index is 0.166. The van der Waals surface area contributed by atoms with E-state index in [0.717, 1.165) is 12.2 Å².